The fourth-order valence-electron chi connectivity index (χ4n) is 3.62. The van der Waals surface area contributed by atoms with Crippen LogP contribution in [0.2, 0.25) is 5.02 Å². The number of hydrogen-bond donors (Lipinski definition) is 2. The molecule has 0 heterocycles. The fraction of sp³-hybridized carbons (Fsp3) is 0.368. The molecule has 0 saturated heterocycles. The van der Waals surface area contributed by atoms with Crippen LogP contribution in [0.3, 0.4) is 0 Å². The number of likely N-dealkylation sites (N-methyl/N-ethyl adjacent to an activating group) is 1. The summed E-state index contributed by atoms with van der Waals surface area (Å²) < 4.78 is 57.4. The van der Waals surface area contributed by atoms with E-state index in [1.165, 1.54) is 6.07 Å². The summed E-state index contributed by atoms with van der Waals surface area (Å²) in [5, 5.41) is 5.02. The predicted molar refractivity (Wildman–Crippen MR) is 116 cm³/mol. The van der Waals surface area contributed by atoms with E-state index in [0.29, 0.717) is 23.9 Å². The average molecular weight is 474 g/mol. The molecule has 0 saturated carbocycles. The van der Waals surface area contributed by atoms with Gasteiger partial charge < -0.3 is 9.64 Å². The van der Waals surface area contributed by atoms with Gasteiger partial charge in [0.2, 0.25) is 10.0 Å². The van der Waals surface area contributed by atoms with Crippen LogP contribution in [0.15, 0.2) is 40.1 Å². The number of hydrogen-bond acceptors (Lipinski definition) is 6. The van der Waals surface area contributed by atoms with E-state index in [2.05, 4.69) is 9.62 Å². The molecule has 164 valence electrons. The minimum absolute atomic E-state index is 0.107. The number of benzene rings is 2. The number of sulfonamides is 2. The molecule has 1 unspecified atom stereocenters. The highest BCUT2D eigenvalue weighted by molar-refractivity contribution is 7.93. The summed E-state index contributed by atoms with van der Waals surface area (Å²) in [6.45, 7) is 0. The number of halogens is 1. The van der Waals surface area contributed by atoms with Crippen LogP contribution in [0.4, 0.5) is 5.69 Å². The average Bonchev–Trinajstić information content (AvgIpc) is 2.66. The van der Waals surface area contributed by atoms with Gasteiger partial charge in [0.05, 0.1) is 22.7 Å². The molecule has 0 amide bonds. The summed E-state index contributed by atoms with van der Waals surface area (Å²) in [6, 6.07) is 6.99. The molecule has 11 heteroatoms. The molecule has 3 N–H and O–H groups in total. The lowest BCUT2D eigenvalue weighted by Crippen LogP contribution is -2.34. The van der Waals surface area contributed by atoms with E-state index >= 15 is 0 Å². The first-order chi connectivity index (χ1) is 13.9. The summed E-state index contributed by atoms with van der Waals surface area (Å²) in [5.41, 5.74) is 2.22. The molecule has 8 nitrogen and oxygen atoms in total. The van der Waals surface area contributed by atoms with E-state index in [0.717, 1.165) is 36.1 Å². The second-order valence-electron chi connectivity index (χ2n) is 7.38. The summed E-state index contributed by atoms with van der Waals surface area (Å²) in [5.74, 6) is 0.703. The summed E-state index contributed by atoms with van der Waals surface area (Å²) in [4.78, 5) is 1.44. The van der Waals surface area contributed by atoms with Gasteiger partial charge in [-0.25, -0.2) is 22.0 Å². The molecule has 1 aliphatic carbocycles. The highest BCUT2D eigenvalue weighted by atomic mass is 35.5. The van der Waals surface area contributed by atoms with Crippen molar-refractivity contribution < 1.29 is 21.6 Å². The quantitative estimate of drug-likeness (QED) is 0.663. The topological polar surface area (TPSA) is 119 Å². The molecule has 3 rings (SSSR count). The monoisotopic (exact) mass is 473 g/mol. The number of rotatable bonds is 6. The Bertz CT molecular complexity index is 1180. The SMILES string of the molecule is COc1ccc(NS(=O)(=O)c2cc(S(N)(=O)=O)ccc2Cl)c2c1CC(N(C)C)CC2. The second kappa shape index (κ2) is 8.35. The van der Waals surface area contributed by atoms with Gasteiger partial charge in [-0.15, -0.1) is 0 Å². The third-order valence-corrected chi connectivity index (χ3v) is 8.03. The maximum absolute atomic E-state index is 13.0. The molecule has 0 radical (unpaired) electrons. The Kier molecular flexibility index (Phi) is 6.35. The van der Waals surface area contributed by atoms with E-state index in [4.69, 9.17) is 21.5 Å². The van der Waals surface area contributed by atoms with Crippen molar-refractivity contribution in [3.8, 4) is 5.75 Å². The third kappa shape index (κ3) is 4.57. The standard InChI is InChI=1S/C19H24ClN3O5S2/c1-23(2)12-4-6-14-15(10-12)18(28-3)9-8-17(14)22-30(26,27)19-11-13(29(21,24)25)5-7-16(19)20/h5,7-9,11-12,22H,4,6,10H2,1-3H3,(H2,21,24,25). The van der Waals surface area contributed by atoms with Gasteiger partial charge in [0.1, 0.15) is 10.6 Å². The zero-order valence-corrected chi connectivity index (χ0v) is 19.2. The van der Waals surface area contributed by atoms with Crippen LogP contribution in [-0.2, 0) is 32.9 Å². The molecule has 30 heavy (non-hydrogen) atoms. The Balaban J connectivity index is 2.04. The van der Waals surface area contributed by atoms with E-state index in [9.17, 15) is 16.8 Å². The number of methoxy groups -OCH3 is 1. The maximum atomic E-state index is 13.0. The normalized spacial score (nSPS) is 16.9. The number of ether oxygens (including phenoxy) is 1. The highest BCUT2D eigenvalue weighted by Gasteiger charge is 2.28. The first-order valence-corrected chi connectivity index (χ1v) is 12.5. The Hall–Kier alpha value is -1.85. The zero-order valence-electron chi connectivity index (χ0n) is 16.8. The Morgan fingerprint density at radius 2 is 1.83 bits per heavy atom. The van der Waals surface area contributed by atoms with Crippen LogP contribution in [0.5, 0.6) is 5.75 Å². The Morgan fingerprint density at radius 3 is 2.43 bits per heavy atom. The molecule has 0 fully saturated rings. The van der Waals surface area contributed by atoms with Crippen molar-refractivity contribution in [3.05, 3.63) is 46.5 Å². The van der Waals surface area contributed by atoms with E-state index in [1.54, 1.807) is 19.2 Å². The van der Waals surface area contributed by atoms with Crippen LogP contribution in [0.25, 0.3) is 0 Å². The summed E-state index contributed by atoms with van der Waals surface area (Å²) in [6.07, 6.45) is 2.25. The van der Waals surface area contributed by atoms with Crippen molar-refractivity contribution >= 4 is 37.3 Å². The molecular formula is C19H24ClN3O5S2. The number of anilines is 1. The van der Waals surface area contributed by atoms with E-state index in [1.807, 2.05) is 14.1 Å². The van der Waals surface area contributed by atoms with Crippen molar-refractivity contribution in [2.75, 3.05) is 25.9 Å². The van der Waals surface area contributed by atoms with Crippen molar-refractivity contribution in [2.45, 2.75) is 35.1 Å². The maximum Gasteiger partial charge on any atom is 0.263 e. The van der Waals surface area contributed by atoms with Gasteiger partial charge in [0, 0.05) is 11.6 Å². The van der Waals surface area contributed by atoms with Crippen LogP contribution in [0.1, 0.15) is 17.5 Å². The minimum atomic E-state index is -4.16. The van der Waals surface area contributed by atoms with Crippen molar-refractivity contribution in [1.82, 2.24) is 4.90 Å². The van der Waals surface area contributed by atoms with Crippen LogP contribution < -0.4 is 14.6 Å². The number of primary sulfonamides is 1. The van der Waals surface area contributed by atoms with Gasteiger partial charge >= 0.3 is 0 Å². The number of fused-ring (bicyclic) bond motifs is 1. The number of nitrogens with zero attached hydrogens (tertiary/aromatic N) is 1. The molecule has 1 aliphatic rings. The largest absolute Gasteiger partial charge is 0.496 e. The Morgan fingerprint density at radius 1 is 1.13 bits per heavy atom. The van der Waals surface area contributed by atoms with Crippen LogP contribution in [-0.4, -0.2) is 49.0 Å². The van der Waals surface area contributed by atoms with Crippen molar-refractivity contribution in [2.24, 2.45) is 5.14 Å². The fourth-order valence-corrected chi connectivity index (χ4v) is 5.86. The van der Waals surface area contributed by atoms with Gasteiger partial charge in [0.25, 0.3) is 10.0 Å². The van der Waals surface area contributed by atoms with Crippen LogP contribution in [0, 0.1) is 0 Å². The van der Waals surface area contributed by atoms with Gasteiger partial charge in [-0.3, -0.25) is 4.72 Å². The van der Waals surface area contributed by atoms with Crippen molar-refractivity contribution in [1.29, 1.82) is 0 Å². The smallest absolute Gasteiger partial charge is 0.263 e. The molecule has 0 spiro atoms. The predicted octanol–water partition coefficient (Wildman–Crippen LogP) is 2.22. The molecular weight excluding hydrogens is 450 g/mol. The summed E-state index contributed by atoms with van der Waals surface area (Å²) >= 11 is 6.06. The van der Waals surface area contributed by atoms with Gasteiger partial charge in [-0.05, 0) is 69.3 Å². The van der Waals surface area contributed by atoms with Gasteiger partial charge in [0.15, 0.2) is 0 Å². The van der Waals surface area contributed by atoms with Gasteiger partial charge in [-0.2, -0.15) is 0 Å². The lowest BCUT2D eigenvalue weighted by molar-refractivity contribution is 0.265. The molecule has 2 aromatic carbocycles. The first kappa shape index (κ1) is 22.8. The minimum Gasteiger partial charge on any atom is -0.496 e. The number of nitrogens with two attached hydrogens (primary N) is 1. The Labute approximate surface area is 182 Å². The third-order valence-electron chi connectivity index (χ3n) is 5.27. The molecule has 0 aromatic heterocycles. The number of nitrogens with one attached hydrogen (secondary N) is 1. The molecule has 0 bridgehead atoms. The second-order valence-corrected chi connectivity index (χ2v) is 11.0. The first-order valence-electron chi connectivity index (χ1n) is 9.14. The lowest BCUT2D eigenvalue weighted by Gasteiger charge is -2.32. The molecule has 0 aliphatic heterocycles. The zero-order chi connectivity index (χ0) is 22.3. The van der Waals surface area contributed by atoms with E-state index < -0.39 is 20.0 Å². The van der Waals surface area contributed by atoms with Gasteiger partial charge in [-0.1, -0.05) is 11.6 Å². The van der Waals surface area contributed by atoms with E-state index in [-0.39, 0.29) is 14.8 Å². The highest BCUT2D eigenvalue weighted by Crippen LogP contribution is 2.37. The van der Waals surface area contributed by atoms with Crippen LogP contribution >= 0.6 is 11.6 Å². The lowest BCUT2D eigenvalue weighted by atomic mass is 9.86. The molecule has 1 atom stereocenters. The summed E-state index contributed by atoms with van der Waals surface area (Å²) in [7, 11) is -2.65. The van der Waals surface area contributed by atoms with Crippen molar-refractivity contribution in [3.63, 3.8) is 0 Å². The molecule has 2 aromatic rings.